The van der Waals surface area contributed by atoms with E-state index in [4.69, 9.17) is 15.2 Å². The normalized spacial score (nSPS) is 11.5. The Kier molecular flexibility index (Phi) is 8.99. The first-order valence-corrected chi connectivity index (χ1v) is 15.7. The molecule has 0 aliphatic carbocycles. The Morgan fingerprint density at radius 3 is 2.34 bits per heavy atom. The van der Waals surface area contributed by atoms with Gasteiger partial charge in [0.15, 0.2) is 17.5 Å². The highest BCUT2D eigenvalue weighted by molar-refractivity contribution is 7.18. The zero-order valence-corrected chi connectivity index (χ0v) is 26.6. The molecular formula is C34H30F3N7O2S. The van der Waals surface area contributed by atoms with E-state index >= 15 is 0 Å². The van der Waals surface area contributed by atoms with Crippen molar-refractivity contribution in [1.82, 2.24) is 30.1 Å². The zero-order valence-electron chi connectivity index (χ0n) is 25.8. The van der Waals surface area contributed by atoms with Crippen molar-refractivity contribution >= 4 is 17.2 Å². The van der Waals surface area contributed by atoms with E-state index in [1.165, 1.54) is 34.2 Å². The SMILES string of the molecule is Cc1noc(-c2c(CCc3ccc(F)cc3)nc(CC(C)C)c(C(N)=O)c2-c2ccc(-c3cn(Cc4ccc(F)c(F)c4)nn3)s2)n1. The molecule has 0 atom stereocenters. The second-order valence-corrected chi connectivity index (χ2v) is 12.7. The van der Waals surface area contributed by atoms with E-state index in [0.29, 0.717) is 63.7 Å². The number of amides is 1. The lowest BCUT2D eigenvalue weighted by Gasteiger charge is -2.19. The number of hydrogen-bond donors (Lipinski definition) is 1. The number of primary amides is 1. The van der Waals surface area contributed by atoms with Crippen molar-refractivity contribution in [1.29, 1.82) is 0 Å². The van der Waals surface area contributed by atoms with Crippen molar-refractivity contribution in [3.8, 4) is 32.5 Å². The topological polar surface area (TPSA) is 126 Å². The third kappa shape index (κ3) is 6.99. The van der Waals surface area contributed by atoms with Crippen LogP contribution in [-0.4, -0.2) is 36.0 Å². The molecule has 0 saturated heterocycles. The van der Waals surface area contributed by atoms with Crippen LogP contribution < -0.4 is 5.73 Å². The molecule has 0 aliphatic heterocycles. The minimum absolute atomic E-state index is 0.165. The lowest BCUT2D eigenvalue weighted by Crippen LogP contribution is -2.20. The number of pyridine rings is 1. The van der Waals surface area contributed by atoms with Crippen LogP contribution in [0.3, 0.4) is 0 Å². The first kappa shape index (κ1) is 31.8. The van der Waals surface area contributed by atoms with Crippen LogP contribution >= 0.6 is 11.3 Å². The molecule has 4 aromatic heterocycles. The summed E-state index contributed by atoms with van der Waals surface area (Å²) in [6, 6.07) is 13.7. The maximum atomic E-state index is 13.8. The number of nitrogens with two attached hydrogens (primary N) is 1. The predicted molar refractivity (Wildman–Crippen MR) is 171 cm³/mol. The van der Waals surface area contributed by atoms with Gasteiger partial charge in [0.2, 0.25) is 0 Å². The standard InChI is InChI=1S/C34H30F3N7O2S/c1-18(2)14-26-30(33(38)45)32(31(34-39-19(3)42-46-34)25(40-26)11-7-20-4-8-22(35)9-5-20)29-13-12-28(47-29)27-17-44(43-41-27)16-21-6-10-23(36)24(37)15-21/h4-6,8-10,12-13,15,17-18H,7,11,14,16H2,1-3H3,(H2,38,45). The maximum absolute atomic E-state index is 13.8. The first-order chi connectivity index (χ1) is 22.5. The summed E-state index contributed by atoms with van der Waals surface area (Å²) in [5, 5.41) is 12.5. The van der Waals surface area contributed by atoms with Crippen molar-refractivity contribution in [3.05, 3.63) is 112 Å². The molecule has 13 heteroatoms. The van der Waals surface area contributed by atoms with Crippen molar-refractivity contribution in [2.45, 2.75) is 46.6 Å². The monoisotopic (exact) mass is 657 g/mol. The summed E-state index contributed by atoms with van der Waals surface area (Å²) in [4.78, 5) is 24.2. The summed E-state index contributed by atoms with van der Waals surface area (Å²) in [5.41, 5.74) is 10.6. The van der Waals surface area contributed by atoms with E-state index in [2.05, 4.69) is 20.5 Å². The molecule has 2 N–H and O–H groups in total. The van der Waals surface area contributed by atoms with E-state index in [-0.39, 0.29) is 29.7 Å². The number of aromatic nitrogens is 6. The Morgan fingerprint density at radius 1 is 0.915 bits per heavy atom. The molecule has 4 heterocycles. The molecule has 1 amide bonds. The Balaban J connectivity index is 1.46. The van der Waals surface area contributed by atoms with Crippen molar-refractivity contribution in [2.24, 2.45) is 11.7 Å². The number of nitrogens with zero attached hydrogens (tertiary/aromatic N) is 6. The summed E-state index contributed by atoms with van der Waals surface area (Å²) in [6.07, 6.45) is 3.18. The molecule has 240 valence electrons. The molecule has 0 spiro atoms. The fourth-order valence-electron chi connectivity index (χ4n) is 5.38. The Hall–Kier alpha value is -5.17. The van der Waals surface area contributed by atoms with Crippen molar-refractivity contribution in [2.75, 3.05) is 0 Å². The summed E-state index contributed by atoms with van der Waals surface area (Å²) < 4.78 is 48.0. The van der Waals surface area contributed by atoms with Gasteiger partial charge in [-0.3, -0.25) is 9.78 Å². The highest BCUT2D eigenvalue weighted by Gasteiger charge is 2.29. The lowest BCUT2D eigenvalue weighted by molar-refractivity contribution is 0.0999. The zero-order chi connectivity index (χ0) is 33.2. The Morgan fingerprint density at radius 2 is 1.66 bits per heavy atom. The van der Waals surface area contributed by atoms with Gasteiger partial charge in [-0.25, -0.2) is 17.9 Å². The van der Waals surface area contributed by atoms with Crippen LogP contribution in [0.15, 0.2) is 65.3 Å². The molecule has 6 aromatic rings. The van der Waals surface area contributed by atoms with Gasteiger partial charge in [-0.1, -0.05) is 42.4 Å². The summed E-state index contributed by atoms with van der Waals surface area (Å²) in [5.74, 6) is -2.04. The van der Waals surface area contributed by atoms with E-state index in [9.17, 15) is 18.0 Å². The second kappa shape index (κ2) is 13.3. The van der Waals surface area contributed by atoms with Crippen LogP contribution in [-0.2, 0) is 25.8 Å². The molecule has 2 aromatic carbocycles. The molecule has 47 heavy (non-hydrogen) atoms. The van der Waals surface area contributed by atoms with Crippen molar-refractivity contribution in [3.63, 3.8) is 0 Å². The number of aryl methyl sites for hydroxylation is 3. The molecule has 0 fully saturated rings. The van der Waals surface area contributed by atoms with Gasteiger partial charge in [0, 0.05) is 10.4 Å². The van der Waals surface area contributed by atoms with Gasteiger partial charge in [0.05, 0.1) is 40.1 Å². The summed E-state index contributed by atoms with van der Waals surface area (Å²) >= 11 is 1.37. The van der Waals surface area contributed by atoms with Crippen LogP contribution in [0.2, 0.25) is 0 Å². The van der Waals surface area contributed by atoms with Gasteiger partial charge < -0.3 is 10.3 Å². The lowest BCUT2D eigenvalue weighted by atomic mass is 9.91. The number of hydrogen-bond acceptors (Lipinski definition) is 8. The third-order valence-electron chi connectivity index (χ3n) is 7.47. The van der Waals surface area contributed by atoms with E-state index in [1.807, 2.05) is 26.0 Å². The molecule has 9 nitrogen and oxygen atoms in total. The van der Waals surface area contributed by atoms with Gasteiger partial charge in [-0.15, -0.1) is 16.4 Å². The molecule has 0 saturated carbocycles. The second-order valence-electron chi connectivity index (χ2n) is 11.6. The third-order valence-corrected chi connectivity index (χ3v) is 8.60. The van der Waals surface area contributed by atoms with E-state index in [1.54, 1.807) is 25.3 Å². The molecule has 0 unspecified atom stereocenters. The number of rotatable bonds is 11. The molecule has 0 aliphatic rings. The van der Waals surface area contributed by atoms with Crippen LogP contribution in [0.5, 0.6) is 0 Å². The molecular weight excluding hydrogens is 627 g/mol. The predicted octanol–water partition coefficient (Wildman–Crippen LogP) is 6.98. The number of carbonyl (C=O) groups excluding carboxylic acids is 1. The smallest absolute Gasteiger partial charge is 0.260 e. The minimum Gasteiger partial charge on any atom is -0.366 e. The molecule has 6 rings (SSSR count). The highest BCUT2D eigenvalue weighted by Crippen LogP contribution is 2.43. The average Bonchev–Trinajstić information content (AvgIpc) is 3.79. The summed E-state index contributed by atoms with van der Waals surface area (Å²) in [6.45, 7) is 5.96. The first-order valence-electron chi connectivity index (χ1n) is 14.9. The Bertz CT molecular complexity index is 2070. The van der Waals surface area contributed by atoms with Gasteiger partial charge in [0.25, 0.3) is 11.8 Å². The van der Waals surface area contributed by atoms with E-state index < -0.39 is 17.5 Å². The van der Waals surface area contributed by atoms with E-state index in [0.717, 1.165) is 22.6 Å². The van der Waals surface area contributed by atoms with Crippen LogP contribution in [0.25, 0.3) is 32.5 Å². The van der Waals surface area contributed by atoms with Gasteiger partial charge in [-0.05, 0) is 79.6 Å². The van der Waals surface area contributed by atoms with Gasteiger partial charge in [-0.2, -0.15) is 4.98 Å². The maximum Gasteiger partial charge on any atom is 0.260 e. The fourth-order valence-corrected chi connectivity index (χ4v) is 6.40. The summed E-state index contributed by atoms with van der Waals surface area (Å²) in [7, 11) is 0. The average molecular weight is 658 g/mol. The quantitative estimate of drug-likeness (QED) is 0.159. The minimum atomic E-state index is -0.936. The van der Waals surface area contributed by atoms with Crippen LogP contribution in [0.1, 0.15) is 52.5 Å². The number of thiophene rings is 1. The van der Waals surface area contributed by atoms with Crippen LogP contribution in [0, 0.1) is 30.3 Å². The highest BCUT2D eigenvalue weighted by atomic mass is 32.1. The van der Waals surface area contributed by atoms with Gasteiger partial charge in [0.1, 0.15) is 11.5 Å². The number of halogens is 3. The Labute approximate surface area is 272 Å². The molecule has 0 radical (unpaired) electrons. The van der Waals surface area contributed by atoms with Gasteiger partial charge >= 0.3 is 0 Å². The van der Waals surface area contributed by atoms with Crippen molar-refractivity contribution < 1.29 is 22.5 Å². The number of benzene rings is 2. The fraction of sp³-hybridized carbons (Fsp3) is 0.235. The number of carbonyl (C=O) groups is 1. The van der Waals surface area contributed by atoms with Crippen LogP contribution in [0.4, 0.5) is 13.2 Å². The molecule has 0 bridgehead atoms. The largest absolute Gasteiger partial charge is 0.366 e.